The van der Waals surface area contributed by atoms with Crippen molar-refractivity contribution in [2.75, 3.05) is 0 Å². The van der Waals surface area contributed by atoms with E-state index < -0.39 is 4.92 Å². The second kappa shape index (κ2) is 6.17. The number of aryl methyl sites for hydroxylation is 1. The minimum atomic E-state index is -0.435. The molecule has 0 spiro atoms. The van der Waals surface area contributed by atoms with Crippen molar-refractivity contribution in [1.82, 2.24) is 14.4 Å². The summed E-state index contributed by atoms with van der Waals surface area (Å²) in [4.78, 5) is 30.6. The van der Waals surface area contributed by atoms with E-state index in [-0.39, 0.29) is 11.4 Å². The second-order valence-electron chi connectivity index (χ2n) is 4.94. The lowest BCUT2D eigenvalue weighted by atomic mass is 10.2. The normalized spacial score (nSPS) is 10.8. The first-order chi connectivity index (χ1) is 11.0. The van der Waals surface area contributed by atoms with Crippen molar-refractivity contribution in [2.24, 2.45) is 0 Å². The molecular weight excluding hydrogens is 316 g/mol. The fraction of sp³-hybridized carbons (Fsp3) is 0.133. The Hall–Kier alpha value is -2.74. The van der Waals surface area contributed by atoms with Crippen molar-refractivity contribution in [2.45, 2.75) is 17.8 Å². The zero-order valence-electron chi connectivity index (χ0n) is 12.2. The standard InChI is InChI=1S/C15H12N4O3S/c1-10-5-6-13-16-14(17-15(20)18(13)8-10)23-9-11-3-2-4-12(7-11)19(21)22/h2-8H,9H2,1H3. The van der Waals surface area contributed by atoms with Crippen molar-refractivity contribution in [1.29, 1.82) is 0 Å². The van der Waals surface area contributed by atoms with E-state index in [1.165, 1.54) is 28.3 Å². The molecule has 3 rings (SSSR count). The predicted molar refractivity (Wildman–Crippen MR) is 86.7 cm³/mol. The number of thioether (sulfide) groups is 1. The van der Waals surface area contributed by atoms with E-state index in [4.69, 9.17) is 0 Å². The smallest absolute Gasteiger partial charge is 0.258 e. The number of pyridine rings is 1. The third-order valence-electron chi connectivity index (χ3n) is 3.17. The SMILES string of the molecule is Cc1ccc2nc(SCc3cccc([N+](=O)[O-])c3)nc(=O)n2c1. The highest BCUT2D eigenvalue weighted by Crippen LogP contribution is 2.21. The van der Waals surface area contributed by atoms with E-state index in [1.54, 1.807) is 24.4 Å². The van der Waals surface area contributed by atoms with Gasteiger partial charge in [0.2, 0.25) is 0 Å². The molecule has 0 radical (unpaired) electrons. The molecule has 0 aliphatic rings. The lowest BCUT2D eigenvalue weighted by molar-refractivity contribution is -0.384. The molecule has 0 aliphatic heterocycles. The summed E-state index contributed by atoms with van der Waals surface area (Å²) in [5.41, 5.74) is 1.90. The monoisotopic (exact) mass is 328 g/mol. The largest absolute Gasteiger partial charge is 0.355 e. The third kappa shape index (κ3) is 3.37. The number of benzene rings is 1. The Morgan fingerprint density at radius 1 is 1.26 bits per heavy atom. The molecular formula is C15H12N4O3S. The van der Waals surface area contributed by atoms with Gasteiger partial charge in [-0.15, -0.1) is 0 Å². The van der Waals surface area contributed by atoms with Gasteiger partial charge < -0.3 is 0 Å². The molecule has 7 nitrogen and oxygen atoms in total. The highest BCUT2D eigenvalue weighted by Gasteiger charge is 2.08. The van der Waals surface area contributed by atoms with E-state index in [9.17, 15) is 14.9 Å². The Morgan fingerprint density at radius 3 is 2.87 bits per heavy atom. The van der Waals surface area contributed by atoms with Gasteiger partial charge in [-0.3, -0.25) is 14.5 Å². The first-order valence-electron chi connectivity index (χ1n) is 6.76. The van der Waals surface area contributed by atoms with Gasteiger partial charge in [-0.25, -0.2) is 9.78 Å². The lowest BCUT2D eigenvalue weighted by Crippen LogP contribution is -2.19. The summed E-state index contributed by atoms with van der Waals surface area (Å²) in [6.45, 7) is 1.89. The summed E-state index contributed by atoms with van der Waals surface area (Å²) in [5.74, 6) is 0.448. The lowest BCUT2D eigenvalue weighted by Gasteiger charge is -2.04. The van der Waals surface area contributed by atoms with Crippen LogP contribution in [0.4, 0.5) is 5.69 Å². The van der Waals surface area contributed by atoms with E-state index in [0.717, 1.165) is 11.1 Å². The average molecular weight is 328 g/mol. The molecule has 0 unspecified atom stereocenters. The number of rotatable bonds is 4. The first-order valence-corrected chi connectivity index (χ1v) is 7.75. The quantitative estimate of drug-likeness (QED) is 0.415. The van der Waals surface area contributed by atoms with Crippen molar-refractivity contribution in [3.63, 3.8) is 0 Å². The molecule has 8 heteroatoms. The fourth-order valence-corrected chi connectivity index (χ4v) is 2.85. The van der Waals surface area contributed by atoms with Crippen LogP contribution in [0.1, 0.15) is 11.1 Å². The van der Waals surface area contributed by atoms with Gasteiger partial charge in [0, 0.05) is 24.1 Å². The summed E-state index contributed by atoms with van der Waals surface area (Å²) >= 11 is 1.27. The number of fused-ring (bicyclic) bond motifs is 1. The molecule has 0 amide bonds. The highest BCUT2D eigenvalue weighted by atomic mass is 32.2. The third-order valence-corrected chi connectivity index (χ3v) is 4.09. The van der Waals surface area contributed by atoms with Gasteiger partial charge in [0.15, 0.2) is 5.16 Å². The minimum absolute atomic E-state index is 0.0399. The zero-order valence-corrected chi connectivity index (χ0v) is 13.0. The first kappa shape index (κ1) is 15.2. The van der Waals surface area contributed by atoms with Gasteiger partial charge in [0.1, 0.15) is 5.65 Å². The number of nitro groups is 1. The van der Waals surface area contributed by atoms with Crippen LogP contribution in [0.5, 0.6) is 0 Å². The Balaban J connectivity index is 1.85. The molecule has 0 atom stereocenters. The molecule has 2 heterocycles. The molecule has 0 saturated heterocycles. The van der Waals surface area contributed by atoms with Gasteiger partial charge in [-0.2, -0.15) is 4.98 Å². The van der Waals surface area contributed by atoms with E-state index in [2.05, 4.69) is 9.97 Å². The Labute approximate surface area is 135 Å². The Morgan fingerprint density at radius 2 is 2.09 bits per heavy atom. The summed E-state index contributed by atoms with van der Waals surface area (Å²) in [6, 6.07) is 10.00. The molecule has 0 aliphatic carbocycles. The average Bonchev–Trinajstić information content (AvgIpc) is 2.54. The van der Waals surface area contributed by atoms with Gasteiger partial charge in [0.05, 0.1) is 4.92 Å². The van der Waals surface area contributed by atoms with Crippen LogP contribution in [-0.4, -0.2) is 19.3 Å². The highest BCUT2D eigenvalue weighted by molar-refractivity contribution is 7.98. The van der Waals surface area contributed by atoms with Crippen LogP contribution < -0.4 is 5.69 Å². The van der Waals surface area contributed by atoms with Crippen molar-refractivity contribution < 1.29 is 4.92 Å². The molecule has 116 valence electrons. The molecule has 1 aromatic carbocycles. The maximum Gasteiger partial charge on any atom is 0.355 e. The van der Waals surface area contributed by atoms with Crippen LogP contribution in [0.3, 0.4) is 0 Å². The molecule has 0 saturated carbocycles. The van der Waals surface area contributed by atoms with Crippen LogP contribution >= 0.6 is 11.8 Å². The van der Waals surface area contributed by atoms with Crippen LogP contribution in [0.15, 0.2) is 52.5 Å². The maximum atomic E-state index is 12.0. The molecule has 23 heavy (non-hydrogen) atoms. The maximum absolute atomic E-state index is 12.0. The Bertz CT molecular complexity index is 955. The fourth-order valence-electron chi connectivity index (χ4n) is 2.07. The van der Waals surface area contributed by atoms with Gasteiger partial charge in [-0.1, -0.05) is 30.0 Å². The van der Waals surface area contributed by atoms with Crippen LogP contribution in [-0.2, 0) is 5.75 Å². The second-order valence-corrected chi connectivity index (χ2v) is 5.88. The number of aromatic nitrogens is 3. The van der Waals surface area contributed by atoms with Crippen molar-refractivity contribution in [3.05, 3.63) is 74.3 Å². The molecule has 0 bridgehead atoms. The van der Waals surface area contributed by atoms with E-state index >= 15 is 0 Å². The topological polar surface area (TPSA) is 90.4 Å². The minimum Gasteiger partial charge on any atom is -0.258 e. The van der Waals surface area contributed by atoms with Gasteiger partial charge >= 0.3 is 5.69 Å². The number of non-ortho nitro benzene ring substituents is 1. The van der Waals surface area contributed by atoms with Crippen LogP contribution in [0, 0.1) is 17.0 Å². The summed E-state index contributed by atoms with van der Waals surface area (Å²) in [7, 11) is 0. The van der Waals surface area contributed by atoms with E-state index in [0.29, 0.717) is 16.6 Å². The predicted octanol–water partition coefficient (Wildman–Crippen LogP) is 2.60. The van der Waals surface area contributed by atoms with Crippen LogP contribution in [0.25, 0.3) is 5.65 Å². The number of nitrogens with zero attached hydrogens (tertiary/aromatic N) is 4. The number of hydrogen-bond donors (Lipinski definition) is 0. The van der Waals surface area contributed by atoms with E-state index in [1.807, 2.05) is 13.0 Å². The summed E-state index contributed by atoms with van der Waals surface area (Å²) < 4.78 is 1.40. The number of nitro benzene ring substituents is 1. The molecule has 0 fully saturated rings. The molecule has 3 aromatic rings. The number of hydrogen-bond acceptors (Lipinski definition) is 6. The van der Waals surface area contributed by atoms with Crippen LogP contribution in [0.2, 0.25) is 0 Å². The van der Waals surface area contributed by atoms with Crippen molar-refractivity contribution >= 4 is 23.1 Å². The summed E-state index contributed by atoms with van der Waals surface area (Å²) in [5, 5.41) is 11.1. The van der Waals surface area contributed by atoms with Crippen molar-refractivity contribution in [3.8, 4) is 0 Å². The molecule has 2 aromatic heterocycles. The molecule has 0 N–H and O–H groups in total. The summed E-state index contributed by atoms with van der Waals surface area (Å²) in [6.07, 6.45) is 1.69. The van der Waals surface area contributed by atoms with Gasteiger partial charge in [-0.05, 0) is 24.1 Å². The Kier molecular flexibility index (Phi) is 4.07. The zero-order chi connectivity index (χ0) is 16.4. The van der Waals surface area contributed by atoms with Gasteiger partial charge in [0.25, 0.3) is 5.69 Å².